The van der Waals surface area contributed by atoms with Gasteiger partial charge in [-0.05, 0) is 70.3 Å². The Morgan fingerprint density at radius 2 is 1.89 bits per heavy atom. The molecule has 0 bridgehead atoms. The summed E-state index contributed by atoms with van der Waals surface area (Å²) in [5.74, 6) is 0.331. The van der Waals surface area contributed by atoms with Crippen molar-refractivity contribution in [3.05, 3.63) is 34.9 Å². The Kier molecular flexibility index (Phi) is 9.12. The van der Waals surface area contributed by atoms with Crippen LogP contribution >= 0.6 is 23.4 Å². The molecule has 0 aromatic heterocycles. The Morgan fingerprint density at radius 3 is 2.54 bits per heavy atom. The molecule has 1 aromatic rings. The zero-order chi connectivity index (χ0) is 20.6. The maximum Gasteiger partial charge on any atom is 0.253 e. The van der Waals surface area contributed by atoms with Crippen LogP contribution in [0.2, 0.25) is 5.02 Å². The third-order valence-corrected chi connectivity index (χ3v) is 6.23. The van der Waals surface area contributed by atoms with E-state index in [-0.39, 0.29) is 17.4 Å². The van der Waals surface area contributed by atoms with Crippen LogP contribution in [0.5, 0.6) is 0 Å². The number of halogens is 1. The highest BCUT2D eigenvalue weighted by Crippen LogP contribution is 2.20. The number of likely N-dealkylation sites (tertiary alicyclic amines) is 1. The first-order valence-electron chi connectivity index (χ1n) is 9.92. The summed E-state index contributed by atoms with van der Waals surface area (Å²) >= 11 is 7.78. The predicted octanol–water partition coefficient (Wildman–Crippen LogP) is 3.57. The quantitative estimate of drug-likeness (QED) is 0.634. The molecule has 0 saturated carbocycles. The van der Waals surface area contributed by atoms with E-state index in [0.717, 1.165) is 18.8 Å². The Bertz CT molecular complexity index is 663. The summed E-state index contributed by atoms with van der Waals surface area (Å²) in [7, 11) is 0. The smallest absolute Gasteiger partial charge is 0.253 e. The molecule has 1 saturated heterocycles. The molecule has 0 radical (unpaired) electrons. The maximum absolute atomic E-state index is 12.8. The van der Waals surface area contributed by atoms with Crippen LogP contribution in [-0.2, 0) is 4.79 Å². The minimum atomic E-state index is -0.576. The number of piperidine rings is 1. The van der Waals surface area contributed by atoms with E-state index >= 15 is 0 Å². The van der Waals surface area contributed by atoms with Crippen LogP contribution in [0, 0.1) is 0 Å². The number of hydrogen-bond acceptors (Lipinski definition) is 4. The molecule has 2 rings (SSSR count). The third-order valence-electron chi connectivity index (χ3n) is 5.26. The maximum atomic E-state index is 12.8. The summed E-state index contributed by atoms with van der Waals surface area (Å²) in [5.41, 5.74) is 0.284. The van der Waals surface area contributed by atoms with E-state index < -0.39 is 6.04 Å². The van der Waals surface area contributed by atoms with E-state index in [1.165, 1.54) is 19.3 Å². The molecule has 156 valence electrons. The van der Waals surface area contributed by atoms with Gasteiger partial charge in [0.15, 0.2) is 0 Å². The Labute approximate surface area is 178 Å². The molecular formula is C21H32ClN3O2S. The van der Waals surface area contributed by atoms with Crippen LogP contribution in [0.4, 0.5) is 0 Å². The average molecular weight is 426 g/mol. The fourth-order valence-electron chi connectivity index (χ4n) is 3.42. The van der Waals surface area contributed by atoms with E-state index in [0.29, 0.717) is 23.6 Å². The van der Waals surface area contributed by atoms with E-state index in [9.17, 15) is 9.59 Å². The fraction of sp³-hybridized carbons (Fsp3) is 0.619. The first kappa shape index (κ1) is 23.0. The summed E-state index contributed by atoms with van der Waals surface area (Å²) < 4.78 is 0. The van der Waals surface area contributed by atoms with Crippen LogP contribution in [-0.4, -0.2) is 59.9 Å². The molecule has 28 heavy (non-hydrogen) atoms. The first-order chi connectivity index (χ1) is 13.3. The number of carbonyl (C=O) groups excluding carboxylic acids is 2. The molecule has 7 heteroatoms. The largest absolute Gasteiger partial charge is 0.352 e. The lowest BCUT2D eigenvalue weighted by atomic mass is 9.98. The standard InChI is InChI=1S/C21H32ClN3O2S/c1-21(2,25-12-7-4-8-13-25)15-23-20(27)18(11-14-28-3)24-19(26)16-9-5-6-10-17(16)22/h5-6,9-10,18H,4,7-8,11-15H2,1-3H3,(H,23,27)(H,24,26). The average Bonchev–Trinajstić information content (AvgIpc) is 2.70. The summed E-state index contributed by atoms with van der Waals surface area (Å²) in [6, 6.07) is 6.31. The zero-order valence-corrected chi connectivity index (χ0v) is 18.7. The molecule has 1 fully saturated rings. The Balaban J connectivity index is 1.98. The number of rotatable bonds is 9. The number of thioether (sulfide) groups is 1. The van der Waals surface area contributed by atoms with Crippen LogP contribution in [0.15, 0.2) is 24.3 Å². The van der Waals surface area contributed by atoms with Crippen molar-refractivity contribution in [2.45, 2.75) is 51.1 Å². The topological polar surface area (TPSA) is 61.4 Å². The molecule has 5 nitrogen and oxygen atoms in total. The van der Waals surface area contributed by atoms with Crippen molar-refractivity contribution in [3.8, 4) is 0 Å². The molecule has 0 spiro atoms. The van der Waals surface area contributed by atoms with Crippen molar-refractivity contribution in [2.75, 3.05) is 31.6 Å². The molecule has 2 amide bonds. The number of benzene rings is 1. The van der Waals surface area contributed by atoms with E-state index in [4.69, 9.17) is 11.6 Å². The lowest BCUT2D eigenvalue weighted by Crippen LogP contribution is -2.56. The van der Waals surface area contributed by atoms with Crippen molar-refractivity contribution >= 4 is 35.2 Å². The molecule has 0 aliphatic carbocycles. The number of nitrogens with zero attached hydrogens (tertiary/aromatic N) is 1. The lowest BCUT2D eigenvalue weighted by Gasteiger charge is -2.41. The molecule has 1 atom stereocenters. The van der Waals surface area contributed by atoms with Crippen molar-refractivity contribution < 1.29 is 9.59 Å². The van der Waals surface area contributed by atoms with E-state index in [2.05, 4.69) is 29.4 Å². The number of hydrogen-bond donors (Lipinski definition) is 2. The summed E-state index contributed by atoms with van der Waals surface area (Å²) in [5, 5.41) is 6.31. The Morgan fingerprint density at radius 1 is 1.21 bits per heavy atom. The minimum absolute atomic E-state index is 0.104. The summed E-state index contributed by atoms with van der Waals surface area (Å²) in [4.78, 5) is 27.9. The summed E-state index contributed by atoms with van der Waals surface area (Å²) in [6.45, 7) is 7.03. The zero-order valence-electron chi connectivity index (χ0n) is 17.1. The van der Waals surface area contributed by atoms with Crippen molar-refractivity contribution in [1.29, 1.82) is 0 Å². The van der Waals surface area contributed by atoms with E-state index in [1.54, 1.807) is 36.0 Å². The van der Waals surface area contributed by atoms with Gasteiger partial charge in [0.2, 0.25) is 5.91 Å². The van der Waals surface area contributed by atoms with Crippen molar-refractivity contribution in [1.82, 2.24) is 15.5 Å². The number of nitrogens with one attached hydrogen (secondary N) is 2. The van der Waals surface area contributed by atoms with E-state index in [1.807, 2.05) is 6.26 Å². The normalized spacial score (nSPS) is 16.4. The lowest BCUT2D eigenvalue weighted by molar-refractivity contribution is -0.123. The van der Waals surface area contributed by atoms with Gasteiger partial charge in [0.05, 0.1) is 10.6 Å². The summed E-state index contributed by atoms with van der Waals surface area (Å²) in [6.07, 6.45) is 6.27. The van der Waals surface area contributed by atoms with Crippen LogP contribution in [0.1, 0.15) is 49.9 Å². The molecule has 1 unspecified atom stereocenters. The highest BCUT2D eigenvalue weighted by atomic mass is 35.5. The van der Waals surface area contributed by atoms with Gasteiger partial charge in [-0.3, -0.25) is 14.5 Å². The number of amides is 2. The van der Waals surface area contributed by atoms with Crippen LogP contribution < -0.4 is 10.6 Å². The van der Waals surface area contributed by atoms with Crippen LogP contribution in [0.25, 0.3) is 0 Å². The van der Waals surface area contributed by atoms with Gasteiger partial charge in [0.25, 0.3) is 5.91 Å². The second kappa shape index (κ2) is 11.1. The SMILES string of the molecule is CSCCC(NC(=O)c1ccccc1Cl)C(=O)NCC(C)(C)N1CCCCC1. The van der Waals surface area contributed by atoms with Gasteiger partial charge in [-0.15, -0.1) is 0 Å². The molecule has 2 N–H and O–H groups in total. The molecule has 1 aromatic carbocycles. The van der Waals surface area contributed by atoms with Gasteiger partial charge in [0.1, 0.15) is 6.04 Å². The molecule has 1 aliphatic heterocycles. The molecule has 1 heterocycles. The van der Waals surface area contributed by atoms with Gasteiger partial charge < -0.3 is 10.6 Å². The van der Waals surface area contributed by atoms with Gasteiger partial charge >= 0.3 is 0 Å². The first-order valence-corrected chi connectivity index (χ1v) is 11.7. The number of carbonyl (C=O) groups is 2. The monoisotopic (exact) mass is 425 g/mol. The minimum Gasteiger partial charge on any atom is -0.352 e. The highest BCUT2D eigenvalue weighted by Gasteiger charge is 2.30. The molecule has 1 aliphatic rings. The van der Waals surface area contributed by atoms with Gasteiger partial charge in [-0.25, -0.2) is 0 Å². The highest BCUT2D eigenvalue weighted by molar-refractivity contribution is 7.98. The Hall–Kier alpha value is -1.24. The van der Waals surface area contributed by atoms with Gasteiger partial charge in [0, 0.05) is 12.1 Å². The van der Waals surface area contributed by atoms with Crippen LogP contribution in [0.3, 0.4) is 0 Å². The second-order valence-corrected chi connectivity index (χ2v) is 9.26. The van der Waals surface area contributed by atoms with Crippen molar-refractivity contribution in [3.63, 3.8) is 0 Å². The second-order valence-electron chi connectivity index (χ2n) is 7.87. The predicted molar refractivity (Wildman–Crippen MR) is 118 cm³/mol. The fourth-order valence-corrected chi connectivity index (χ4v) is 4.12. The van der Waals surface area contributed by atoms with Crippen molar-refractivity contribution in [2.24, 2.45) is 0 Å². The van der Waals surface area contributed by atoms with Gasteiger partial charge in [-0.2, -0.15) is 11.8 Å². The molecular weight excluding hydrogens is 394 g/mol. The van der Waals surface area contributed by atoms with Gasteiger partial charge in [-0.1, -0.05) is 30.2 Å². The third kappa shape index (κ3) is 6.68.